The van der Waals surface area contributed by atoms with Crippen molar-refractivity contribution in [2.24, 2.45) is 0 Å². The minimum absolute atomic E-state index is 0.152. The summed E-state index contributed by atoms with van der Waals surface area (Å²) in [5.41, 5.74) is 5.12. The summed E-state index contributed by atoms with van der Waals surface area (Å²) < 4.78 is 0.760. The normalized spacial score (nSPS) is 16.6. The Morgan fingerprint density at radius 2 is 1.96 bits per heavy atom. The van der Waals surface area contributed by atoms with Gasteiger partial charge in [0.1, 0.15) is 6.10 Å². The Kier molecular flexibility index (Phi) is 5.00. The molecule has 2 aromatic carbocycles. The van der Waals surface area contributed by atoms with Crippen LogP contribution in [0, 0.1) is 0 Å². The van der Waals surface area contributed by atoms with Crippen molar-refractivity contribution in [1.82, 2.24) is 10.8 Å². The van der Waals surface area contributed by atoms with E-state index in [-0.39, 0.29) is 12.0 Å². The van der Waals surface area contributed by atoms with Crippen LogP contribution in [0.25, 0.3) is 5.70 Å². The van der Waals surface area contributed by atoms with E-state index in [4.69, 9.17) is 16.4 Å². The van der Waals surface area contributed by atoms with Gasteiger partial charge in [-0.15, -0.1) is 0 Å². The molecule has 118 valence electrons. The van der Waals surface area contributed by atoms with Crippen molar-refractivity contribution < 1.29 is 9.63 Å². The second-order valence-electron chi connectivity index (χ2n) is 5.01. The Hall–Kier alpha value is -1.82. The Bertz CT molecular complexity index is 764. The molecule has 1 aliphatic rings. The molecule has 2 N–H and O–H groups in total. The third-order valence-electron chi connectivity index (χ3n) is 3.42. The van der Waals surface area contributed by atoms with Crippen LogP contribution in [0.3, 0.4) is 0 Å². The Morgan fingerprint density at radius 1 is 1.22 bits per heavy atom. The highest BCUT2D eigenvalue weighted by Gasteiger charge is 2.20. The Morgan fingerprint density at radius 3 is 2.74 bits per heavy atom. The zero-order valence-corrected chi connectivity index (χ0v) is 14.4. The van der Waals surface area contributed by atoms with E-state index < -0.39 is 0 Å². The maximum absolute atomic E-state index is 12.2. The zero-order valence-electron chi connectivity index (χ0n) is 12.1. The number of hydrogen-bond acceptors (Lipinski definition) is 3. The van der Waals surface area contributed by atoms with Gasteiger partial charge < -0.3 is 5.32 Å². The molecule has 1 aliphatic heterocycles. The molecule has 0 bridgehead atoms. The first-order valence-electron chi connectivity index (χ1n) is 7.06. The molecule has 1 heterocycles. The molecular formula is C17H14BrClN2O2. The van der Waals surface area contributed by atoms with Gasteiger partial charge in [-0.1, -0.05) is 41.9 Å². The first kappa shape index (κ1) is 16.1. The Labute approximate surface area is 147 Å². The fraction of sp³-hybridized carbons (Fsp3) is 0.118. The summed E-state index contributed by atoms with van der Waals surface area (Å²) in [6.45, 7) is 0.362. The van der Waals surface area contributed by atoms with Crippen LogP contribution in [-0.4, -0.2) is 18.6 Å². The van der Waals surface area contributed by atoms with Crippen LogP contribution in [-0.2, 0) is 4.84 Å². The van der Waals surface area contributed by atoms with E-state index in [9.17, 15) is 4.79 Å². The first-order chi connectivity index (χ1) is 11.1. The van der Waals surface area contributed by atoms with Crippen LogP contribution < -0.4 is 10.8 Å². The Balaban J connectivity index is 1.63. The first-order valence-corrected chi connectivity index (χ1v) is 8.23. The van der Waals surface area contributed by atoms with E-state index in [2.05, 4.69) is 26.7 Å². The summed E-state index contributed by atoms with van der Waals surface area (Å²) in [6.07, 6.45) is 1.65. The second kappa shape index (κ2) is 7.17. The van der Waals surface area contributed by atoms with Gasteiger partial charge in [0, 0.05) is 15.1 Å². The van der Waals surface area contributed by atoms with E-state index >= 15 is 0 Å². The van der Waals surface area contributed by atoms with Crippen molar-refractivity contribution in [2.45, 2.75) is 6.10 Å². The molecule has 0 aromatic heterocycles. The molecule has 2 aromatic rings. The number of carbonyl (C=O) groups excluding carboxylic acids is 1. The summed E-state index contributed by atoms with van der Waals surface area (Å²) in [5.74, 6) is -0.152. The minimum atomic E-state index is -0.257. The standard InChI is InChI=1S/C17H14BrClN2O2/c18-14-7-3-1-5-12(14)17(22)20-10-11-9-16(21-23-11)13-6-2-4-8-15(13)19/h1-9,11,21H,10H2,(H,20,22)/t11-/m0/s1. The molecule has 0 aliphatic carbocycles. The molecule has 0 saturated carbocycles. The number of rotatable bonds is 4. The lowest BCUT2D eigenvalue weighted by atomic mass is 10.1. The molecule has 23 heavy (non-hydrogen) atoms. The van der Waals surface area contributed by atoms with Crippen molar-refractivity contribution in [1.29, 1.82) is 0 Å². The summed E-state index contributed by atoms with van der Waals surface area (Å²) in [6, 6.07) is 14.8. The monoisotopic (exact) mass is 392 g/mol. The smallest absolute Gasteiger partial charge is 0.252 e. The van der Waals surface area contributed by atoms with Gasteiger partial charge in [-0.25, -0.2) is 0 Å². The van der Waals surface area contributed by atoms with Gasteiger partial charge in [0.25, 0.3) is 5.91 Å². The van der Waals surface area contributed by atoms with Crippen LogP contribution in [0.4, 0.5) is 0 Å². The van der Waals surface area contributed by atoms with E-state index in [1.54, 1.807) is 6.07 Å². The minimum Gasteiger partial charge on any atom is -0.349 e. The number of benzene rings is 2. The quantitative estimate of drug-likeness (QED) is 0.831. The van der Waals surface area contributed by atoms with Gasteiger partial charge in [0.15, 0.2) is 0 Å². The summed E-state index contributed by atoms with van der Waals surface area (Å²) in [7, 11) is 0. The molecular weight excluding hydrogens is 380 g/mol. The van der Waals surface area contributed by atoms with Crippen LogP contribution in [0.15, 0.2) is 59.1 Å². The van der Waals surface area contributed by atoms with E-state index in [0.29, 0.717) is 17.1 Å². The highest BCUT2D eigenvalue weighted by Crippen LogP contribution is 2.25. The third kappa shape index (κ3) is 3.75. The molecule has 0 saturated heterocycles. The van der Waals surface area contributed by atoms with E-state index in [0.717, 1.165) is 15.7 Å². The van der Waals surface area contributed by atoms with Gasteiger partial charge >= 0.3 is 0 Å². The number of hydrogen-bond donors (Lipinski definition) is 2. The fourth-order valence-corrected chi connectivity index (χ4v) is 2.95. The maximum Gasteiger partial charge on any atom is 0.252 e. The molecule has 3 rings (SSSR count). The largest absolute Gasteiger partial charge is 0.349 e. The van der Waals surface area contributed by atoms with Gasteiger partial charge in [-0.05, 0) is 40.2 Å². The molecule has 0 unspecified atom stereocenters. The van der Waals surface area contributed by atoms with Gasteiger partial charge in [-0.2, -0.15) is 0 Å². The van der Waals surface area contributed by atoms with Gasteiger partial charge in [-0.3, -0.25) is 15.1 Å². The highest BCUT2D eigenvalue weighted by molar-refractivity contribution is 9.10. The van der Waals surface area contributed by atoms with Crippen molar-refractivity contribution in [2.75, 3.05) is 6.54 Å². The zero-order chi connectivity index (χ0) is 16.2. The van der Waals surface area contributed by atoms with E-state index in [1.165, 1.54) is 0 Å². The fourth-order valence-electron chi connectivity index (χ4n) is 2.25. The molecule has 0 spiro atoms. The van der Waals surface area contributed by atoms with Gasteiger partial charge in [0.2, 0.25) is 0 Å². The summed E-state index contributed by atoms with van der Waals surface area (Å²) >= 11 is 9.53. The van der Waals surface area contributed by atoms with Crippen LogP contribution in [0.2, 0.25) is 5.02 Å². The van der Waals surface area contributed by atoms with Crippen molar-refractivity contribution in [3.63, 3.8) is 0 Å². The molecule has 4 nitrogen and oxygen atoms in total. The lowest BCUT2D eigenvalue weighted by Crippen LogP contribution is -2.32. The molecule has 1 amide bonds. The molecule has 6 heteroatoms. The molecule has 0 fully saturated rings. The summed E-state index contributed by atoms with van der Waals surface area (Å²) in [4.78, 5) is 17.6. The predicted molar refractivity (Wildman–Crippen MR) is 93.9 cm³/mol. The van der Waals surface area contributed by atoms with Crippen molar-refractivity contribution >= 4 is 39.1 Å². The number of hydroxylamine groups is 1. The van der Waals surface area contributed by atoms with E-state index in [1.807, 2.05) is 48.5 Å². The average Bonchev–Trinajstić information content (AvgIpc) is 3.02. The summed E-state index contributed by atoms with van der Waals surface area (Å²) in [5, 5.41) is 3.50. The van der Waals surface area contributed by atoms with Crippen LogP contribution >= 0.6 is 27.5 Å². The number of amides is 1. The lowest BCUT2D eigenvalue weighted by Gasteiger charge is -2.10. The van der Waals surface area contributed by atoms with Crippen LogP contribution in [0.1, 0.15) is 15.9 Å². The number of nitrogens with one attached hydrogen (secondary N) is 2. The SMILES string of the molecule is O=C(NC[C@@H]1C=C(c2ccccc2Cl)NO1)c1ccccc1Br. The lowest BCUT2D eigenvalue weighted by molar-refractivity contribution is 0.0498. The number of carbonyl (C=O) groups is 1. The van der Waals surface area contributed by atoms with Gasteiger partial charge in [0.05, 0.1) is 17.8 Å². The molecule has 0 radical (unpaired) electrons. The topological polar surface area (TPSA) is 50.4 Å². The number of halogens is 2. The maximum atomic E-state index is 12.2. The average molecular weight is 394 g/mol. The highest BCUT2D eigenvalue weighted by atomic mass is 79.9. The molecule has 1 atom stereocenters. The van der Waals surface area contributed by atoms with Crippen LogP contribution in [0.5, 0.6) is 0 Å². The second-order valence-corrected chi connectivity index (χ2v) is 6.27. The van der Waals surface area contributed by atoms with Crippen molar-refractivity contribution in [3.8, 4) is 0 Å². The predicted octanol–water partition coefficient (Wildman–Crippen LogP) is 3.78. The third-order valence-corrected chi connectivity index (χ3v) is 4.44. The van der Waals surface area contributed by atoms with Crippen molar-refractivity contribution in [3.05, 3.63) is 75.2 Å².